The molecule has 0 heterocycles. The van der Waals surface area contributed by atoms with Gasteiger partial charge in [-0.3, -0.25) is 0 Å². The monoisotopic (exact) mass is 249 g/mol. The van der Waals surface area contributed by atoms with Crippen molar-refractivity contribution >= 4 is 17.4 Å². The average Bonchev–Trinajstić information content (AvgIpc) is 2.85. The van der Waals surface area contributed by atoms with Gasteiger partial charge in [0.15, 0.2) is 0 Å². The normalized spacial score (nSPS) is 20.1. The van der Waals surface area contributed by atoms with Crippen LogP contribution in [0.2, 0.25) is 0 Å². The standard InChI is InChI=1S/C13H19N3O2/c1-13(2)7-11(13)16-12(17)15-8-4-5-10(18-3)9(14)6-8/h4-6,11H,7,14H2,1-3H3,(H2,15,16,17). The number of hydrogen-bond acceptors (Lipinski definition) is 3. The molecule has 1 saturated carbocycles. The van der Waals surface area contributed by atoms with Crippen molar-refractivity contribution in [2.75, 3.05) is 18.2 Å². The summed E-state index contributed by atoms with van der Waals surface area (Å²) in [7, 11) is 1.56. The van der Waals surface area contributed by atoms with Crippen LogP contribution in [0.3, 0.4) is 0 Å². The summed E-state index contributed by atoms with van der Waals surface area (Å²) in [5, 5.41) is 5.68. The van der Waals surface area contributed by atoms with Gasteiger partial charge in [-0.05, 0) is 30.0 Å². The maximum Gasteiger partial charge on any atom is 0.319 e. The first-order valence-electron chi connectivity index (χ1n) is 5.93. The summed E-state index contributed by atoms with van der Waals surface area (Å²) in [5.74, 6) is 0.601. The van der Waals surface area contributed by atoms with Gasteiger partial charge < -0.3 is 21.1 Å². The summed E-state index contributed by atoms with van der Waals surface area (Å²) >= 11 is 0. The van der Waals surface area contributed by atoms with Crippen molar-refractivity contribution in [2.24, 2.45) is 5.41 Å². The zero-order chi connectivity index (χ0) is 13.3. The highest BCUT2D eigenvalue weighted by molar-refractivity contribution is 5.90. The molecule has 1 aliphatic rings. The van der Waals surface area contributed by atoms with E-state index in [2.05, 4.69) is 24.5 Å². The lowest BCUT2D eigenvalue weighted by atomic mass is 10.2. The van der Waals surface area contributed by atoms with Gasteiger partial charge >= 0.3 is 6.03 Å². The Bertz CT molecular complexity index is 471. The van der Waals surface area contributed by atoms with Gasteiger partial charge in [-0.25, -0.2) is 4.79 Å². The third kappa shape index (κ3) is 2.67. The van der Waals surface area contributed by atoms with Crippen LogP contribution in [-0.2, 0) is 0 Å². The maximum absolute atomic E-state index is 11.7. The van der Waals surface area contributed by atoms with E-state index in [1.54, 1.807) is 25.3 Å². The van der Waals surface area contributed by atoms with Crippen LogP contribution in [-0.4, -0.2) is 19.2 Å². The van der Waals surface area contributed by atoms with Crippen LogP contribution in [0, 0.1) is 5.41 Å². The van der Waals surface area contributed by atoms with Crippen LogP contribution < -0.4 is 21.1 Å². The fourth-order valence-corrected chi connectivity index (χ4v) is 1.85. The summed E-state index contributed by atoms with van der Waals surface area (Å²) in [4.78, 5) is 11.7. The first-order chi connectivity index (χ1) is 8.42. The minimum absolute atomic E-state index is 0.199. The molecule has 0 radical (unpaired) electrons. The number of carbonyl (C=O) groups excluding carboxylic acids is 1. The first-order valence-corrected chi connectivity index (χ1v) is 5.93. The molecule has 5 heteroatoms. The predicted octanol–water partition coefficient (Wildman–Crippen LogP) is 2.20. The van der Waals surface area contributed by atoms with Crippen LogP contribution in [0.25, 0.3) is 0 Å². The molecule has 1 aromatic carbocycles. The molecule has 0 spiro atoms. The van der Waals surface area contributed by atoms with E-state index < -0.39 is 0 Å². The van der Waals surface area contributed by atoms with Crippen LogP contribution in [0.1, 0.15) is 20.3 Å². The van der Waals surface area contributed by atoms with Gasteiger partial charge in [-0.2, -0.15) is 0 Å². The fraction of sp³-hybridized carbons (Fsp3) is 0.462. The van der Waals surface area contributed by atoms with Gasteiger partial charge in [0, 0.05) is 11.7 Å². The zero-order valence-electron chi connectivity index (χ0n) is 10.9. The van der Waals surface area contributed by atoms with E-state index in [-0.39, 0.29) is 17.5 Å². The zero-order valence-corrected chi connectivity index (χ0v) is 10.9. The Kier molecular flexibility index (Phi) is 3.07. The number of hydrogen-bond donors (Lipinski definition) is 3. The Hall–Kier alpha value is -1.91. The number of benzene rings is 1. The van der Waals surface area contributed by atoms with E-state index in [1.807, 2.05) is 0 Å². The number of amides is 2. The maximum atomic E-state index is 11.7. The Morgan fingerprint density at radius 3 is 2.67 bits per heavy atom. The smallest absolute Gasteiger partial charge is 0.319 e. The number of carbonyl (C=O) groups is 1. The van der Waals surface area contributed by atoms with Crippen LogP contribution in [0.15, 0.2) is 18.2 Å². The van der Waals surface area contributed by atoms with E-state index in [4.69, 9.17) is 10.5 Å². The second-order valence-corrected chi connectivity index (χ2v) is 5.30. The number of nitrogens with two attached hydrogens (primary N) is 1. The van der Waals surface area contributed by atoms with Crippen molar-refractivity contribution < 1.29 is 9.53 Å². The van der Waals surface area contributed by atoms with Crippen molar-refractivity contribution in [3.8, 4) is 5.75 Å². The molecule has 2 amide bonds. The van der Waals surface area contributed by atoms with Crippen LogP contribution in [0.4, 0.5) is 16.2 Å². The van der Waals surface area contributed by atoms with E-state index in [1.165, 1.54) is 0 Å². The minimum Gasteiger partial charge on any atom is -0.495 e. The number of methoxy groups -OCH3 is 1. The quantitative estimate of drug-likeness (QED) is 0.719. The fourth-order valence-electron chi connectivity index (χ4n) is 1.85. The van der Waals surface area contributed by atoms with E-state index in [0.29, 0.717) is 17.1 Å². The molecule has 1 unspecified atom stereocenters. The molecular formula is C13H19N3O2. The Labute approximate surface area is 107 Å². The van der Waals surface area contributed by atoms with Gasteiger partial charge in [0.05, 0.1) is 12.8 Å². The lowest BCUT2D eigenvalue weighted by molar-refractivity contribution is 0.250. The van der Waals surface area contributed by atoms with Crippen molar-refractivity contribution in [2.45, 2.75) is 26.3 Å². The number of urea groups is 1. The minimum atomic E-state index is -0.199. The molecule has 0 bridgehead atoms. The number of rotatable bonds is 3. The summed E-state index contributed by atoms with van der Waals surface area (Å²) in [5.41, 5.74) is 7.14. The molecule has 2 rings (SSSR count). The summed E-state index contributed by atoms with van der Waals surface area (Å²) in [6, 6.07) is 5.22. The molecule has 98 valence electrons. The first kappa shape index (κ1) is 12.5. The number of anilines is 2. The van der Waals surface area contributed by atoms with Crippen molar-refractivity contribution in [3.63, 3.8) is 0 Å². The molecule has 0 aliphatic heterocycles. The van der Waals surface area contributed by atoms with E-state index in [0.717, 1.165) is 6.42 Å². The molecule has 1 fully saturated rings. The summed E-state index contributed by atoms with van der Waals surface area (Å²) in [6.07, 6.45) is 1.02. The molecule has 4 N–H and O–H groups in total. The molecular weight excluding hydrogens is 230 g/mol. The molecule has 1 aliphatic carbocycles. The van der Waals surface area contributed by atoms with Crippen LogP contribution in [0.5, 0.6) is 5.75 Å². The highest BCUT2D eigenvalue weighted by Crippen LogP contribution is 2.44. The third-order valence-electron chi connectivity index (χ3n) is 3.31. The topological polar surface area (TPSA) is 76.4 Å². The molecule has 1 aromatic rings. The van der Waals surface area contributed by atoms with Crippen LogP contribution >= 0.6 is 0 Å². The molecule has 0 aromatic heterocycles. The average molecular weight is 249 g/mol. The lowest BCUT2D eigenvalue weighted by Crippen LogP contribution is -2.32. The van der Waals surface area contributed by atoms with Crippen molar-refractivity contribution in [3.05, 3.63) is 18.2 Å². The predicted molar refractivity (Wildman–Crippen MR) is 71.7 cm³/mol. The Morgan fingerprint density at radius 1 is 1.50 bits per heavy atom. The summed E-state index contributed by atoms with van der Waals surface area (Å²) < 4.78 is 5.05. The van der Waals surface area contributed by atoms with Crippen molar-refractivity contribution in [1.82, 2.24) is 5.32 Å². The van der Waals surface area contributed by atoms with E-state index in [9.17, 15) is 4.79 Å². The van der Waals surface area contributed by atoms with Gasteiger partial charge in [0.1, 0.15) is 5.75 Å². The Balaban J connectivity index is 1.93. The highest BCUT2D eigenvalue weighted by Gasteiger charge is 2.46. The van der Waals surface area contributed by atoms with Gasteiger partial charge in [-0.1, -0.05) is 13.8 Å². The largest absolute Gasteiger partial charge is 0.495 e. The third-order valence-corrected chi connectivity index (χ3v) is 3.31. The highest BCUT2D eigenvalue weighted by atomic mass is 16.5. The lowest BCUT2D eigenvalue weighted by Gasteiger charge is -2.10. The number of ether oxygens (including phenoxy) is 1. The Morgan fingerprint density at radius 2 is 2.17 bits per heavy atom. The van der Waals surface area contributed by atoms with Gasteiger partial charge in [0.25, 0.3) is 0 Å². The van der Waals surface area contributed by atoms with Crippen molar-refractivity contribution in [1.29, 1.82) is 0 Å². The number of nitrogen functional groups attached to an aromatic ring is 1. The number of nitrogens with one attached hydrogen (secondary N) is 2. The molecule has 18 heavy (non-hydrogen) atoms. The molecule has 0 saturated heterocycles. The molecule has 5 nitrogen and oxygen atoms in total. The van der Waals surface area contributed by atoms with Gasteiger partial charge in [-0.15, -0.1) is 0 Å². The summed E-state index contributed by atoms with van der Waals surface area (Å²) in [6.45, 7) is 4.26. The molecule has 1 atom stereocenters. The second-order valence-electron chi connectivity index (χ2n) is 5.30. The second kappa shape index (κ2) is 4.40. The van der Waals surface area contributed by atoms with Gasteiger partial charge in [0.2, 0.25) is 0 Å². The SMILES string of the molecule is COc1ccc(NC(=O)NC2CC2(C)C)cc1N. The van der Waals surface area contributed by atoms with E-state index >= 15 is 0 Å².